The third-order valence-electron chi connectivity index (χ3n) is 12.4. The van der Waals surface area contributed by atoms with Gasteiger partial charge >= 0.3 is 7.82 Å². The number of carbonyl (C=O) groups excluding carboxylic acids is 2. The fourth-order valence-electron chi connectivity index (χ4n) is 8.55. The molecule has 0 spiro atoms. The van der Waals surface area contributed by atoms with E-state index in [1.165, 1.54) is 12.1 Å². The Hall–Kier alpha value is -7.09. The molecule has 4 aromatic carbocycles. The van der Waals surface area contributed by atoms with E-state index in [2.05, 4.69) is 36.5 Å². The van der Waals surface area contributed by atoms with Crippen LogP contribution in [0.25, 0.3) is 22.5 Å². The number of amidine groups is 2. The van der Waals surface area contributed by atoms with Crippen LogP contribution in [0.5, 0.6) is 5.75 Å². The number of phosphoric ester groups is 1. The van der Waals surface area contributed by atoms with Crippen molar-refractivity contribution in [3.8, 4) is 28.3 Å². The van der Waals surface area contributed by atoms with Crippen LogP contribution in [0.4, 0.5) is 5.69 Å². The maximum absolute atomic E-state index is 14.2. The number of phosphoric acid groups is 1. The molecular formula is C52H63N12O8P. The molecule has 2 aliphatic rings. The highest BCUT2D eigenvalue weighted by molar-refractivity contribution is 7.46. The molecule has 2 amide bonds. The minimum atomic E-state index is -4.68. The number of carbonyl (C=O) groups is 2. The maximum Gasteiger partial charge on any atom is 0.524 e. The number of aryl methyl sites for hydroxylation is 3. The van der Waals surface area contributed by atoms with Gasteiger partial charge in [0.05, 0.1) is 47.9 Å². The number of ether oxygens (including phenoxy) is 2. The number of benzene rings is 4. The molecule has 0 saturated carbocycles. The first-order valence-electron chi connectivity index (χ1n) is 24.4. The quantitative estimate of drug-likeness (QED) is 0.0366. The molecule has 384 valence electrons. The summed E-state index contributed by atoms with van der Waals surface area (Å²) >= 11 is 0. The number of methoxy groups -OCH3 is 1. The van der Waals surface area contributed by atoms with Crippen molar-refractivity contribution in [3.63, 3.8) is 0 Å². The van der Waals surface area contributed by atoms with Crippen molar-refractivity contribution < 1.29 is 37.9 Å². The lowest BCUT2D eigenvalue weighted by Gasteiger charge is -2.32. The first-order chi connectivity index (χ1) is 35.0. The van der Waals surface area contributed by atoms with E-state index in [0.717, 1.165) is 58.5 Å². The van der Waals surface area contributed by atoms with Crippen LogP contribution >= 0.6 is 7.82 Å². The highest BCUT2D eigenvalue weighted by Gasteiger charge is 2.31. The second-order valence-electron chi connectivity index (χ2n) is 19.3. The average Bonchev–Trinajstić information content (AvgIpc) is 4.01. The number of amides is 2. The van der Waals surface area contributed by atoms with Gasteiger partial charge in [0.15, 0.2) is 5.84 Å². The van der Waals surface area contributed by atoms with Gasteiger partial charge in [-0.15, -0.1) is 20.4 Å². The average molecular weight is 1020 g/mol. The number of nitrogens with zero attached hydrogens (tertiary/aromatic N) is 10. The summed E-state index contributed by atoms with van der Waals surface area (Å²) in [6, 6.07) is 31.9. The Labute approximate surface area is 424 Å². The van der Waals surface area contributed by atoms with Crippen molar-refractivity contribution in [1.82, 2.24) is 45.7 Å². The first-order valence-corrected chi connectivity index (χ1v) is 25.9. The van der Waals surface area contributed by atoms with Crippen molar-refractivity contribution >= 4 is 37.0 Å². The molecule has 0 fully saturated rings. The van der Waals surface area contributed by atoms with Crippen molar-refractivity contribution in [2.45, 2.75) is 110 Å². The van der Waals surface area contributed by atoms with Gasteiger partial charge in [-0.05, 0) is 76.3 Å². The molecule has 4 heterocycles. The number of para-hydroxylation sites is 1. The van der Waals surface area contributed by atoms with E-state index in [-0.39, 0.29) is 30.4 Å². The monoisotopic (exact) mass is 1010 g/mol. The summed E-state index contributed by atoms with van der Waals surface area (Å²) in [5.41, 5.74) is 9.77. The van der Waals surface area contributed by atoms with Crippen LogP contribution in [0.1, 0.15) is 88.6 Å². The lowest BCUT2D eigenvalue weighted by atomic mass is 9.95. The number of hydrogen-bond acceptors (Lipinski definition) is 14. The highest BCUT2D eigenvalue weighted by Crippen LogP contribution is 2.41. The van der Waals surface area contributed by atoms with E-state index < -0.39 is 19.0 Å². The van der Waals surface area contributed by atoms with Crippen LogP contribution in [0, 0.1) is 0 Å². The molecule has 0 aliphatic carbocycles. The van der Waals surface area contributed by atoms with Gasteiger partial charge in [0, 0.05) is 75.4 Å². The minimum absolute atomic E-state index is 0.0168. The second-order valence-corrected chi connectivity index (χ2v) is 20.5. The third kappa shape index (κ3) is 14.1. The largest absolute Gasteiger partial charge is 0.524 e. The Balaban J connectivity index is 0.884. The Morgan fingerprint density at radius 3 is 2.32 bits per heavy atom. The number of hydrogen-bond donors (Lipinski definition) is 4. The second kappa shape index (κ2) is 23.2. The van der Waals surface area contributed by atoms with E-state index in [1.54, 1.807) is 24.1 Å². The molecule has 20 nitrogen and oxygen atoms in total. The molecule has 0 radical (unpaired) electrons. The molecule has 73 heavy (non-hydrogen) atoms. The summed E-state index contributed by atoms with van der Waals surface area (Å²) in [6.07, 6.45) is 5.33. The molecule has 21 heteroatoms. The van der Waals surface area contributed by atoms with Crippen LogP contribution in [0.3, 0.4) is 0 Å². The van der Waals surface area contributed by atoms with Crippen LogP contribution in [-0.2, 0) is 56.2 Å². The van der Waals surface area contributed by atoms with Gasteiger partial charge < -0.3 is 24.2 Å². The van der Waals surface area contributed by atoms with Crippen molar-refractivity contribution in [1.29, 1.82) is 0 Å². The van der Waals surface area contributed by atoms with Gasteiger partial charge in [-0.1, -0.05) is 95.4 Å². The normalized spacial score (nSPS) is 13.7. The Bertz CT molecular complexity index is 2970. The van der Waals surface area contributed by atoms with Gasteiger partial charge in [-0.3, -0.25) is 34.5 Å². The zero-order valence-electron chi connectivity index (χ0n) is 41.8. The third-order valence-corrected chi connectivity index (χ3v) is 12.9. The van der Waals surface area contributed by atoms with E-state index >= 15 is 0 Å². The minimum Gasteiger partial charge on any atom is -0.404 e. The fraction of sp³-hybridized carbons (Fsp3) is 0.385. The van der Waals surface area contributed by atoms with E-state index in [0.29, 0.717) is 75.3 Å². The molecule has 0 saturated heterocycles. The summed E-state index contributed by atoms with van der Waals surface area (Å²) in [5, 5.41) is 32.3. The van der Waals surface area contributed by atoms with Crippen molar-refractivity contribution in [3.05, 3.63) is 132 Å². The van der Waals surface area contributed by atoms with Crippen LogP contribution in [-0.4, -0.2) is 99.7 Å². The number of rotatable bonds is 23. The maximum atomic E-state index is 14.2. The lowest BCUT2D eigenvalue weighted by Crippen LogP contribution is -2.49. The summed E-state index contributed by atoms with van der Waals surface area (Å²) < 4.78 is 31.2. The van der Waals surface area contributed by atoms with Crippen LogP contribution in [0.2, 0.25) is 0 Å². The number of anilines is 1. The number of fused-ring (bicyclic) bond motifs is 5. The van der Waals surface area contributed by atoms with E-state index in [9.17, 15) is 23.9 Å². The van der Waals surface area contributed by atoms with E-state index in [4.69, 9.17) is 19.1 Å². The molecule has 2 aromatic heterocycles. The van der Waals surface area contributed by atoms with Gasteiger partial charge in [0.2, 0.25) is 11.8 Å². The first kappa shape index (κ1) is 52.2. The number of hydrazine groups is 1. The standard InChI is InChI=1S/C52H63N12O8P/c1-51(2,36-71-52(3,4)29-32-70-5)53-46(65)27-28-47(66)62-34-39-17-9-10-18-42(39)49-48(43-19-11-12-20-44(43)62)56-60-63(49)31-14-13-30-61-35-40(54-59-61)23-26-45-55-57-50(38-15-7-6-8-16-38)58-64(45)33-37-21-24-41(25-22-37)72-73(67,68)69/h6-12,15-22,24-25,35H,13-14,23,26-34,36H2,1-5H3,(H,53,65)(H,57,58)(H2,67,68,69). The summed E-state index contributed by atoms with van der Waals surface area (Å²) in [5.74, 6) is 0.921. The van der Waals surface area contributed by atoms with E-state index in [1.807, 2.05) is 127 Å². The van der Waals surface area contributed by atoms with Gasteiger partial charge in [0.25, 0.3) is 0 Å². The zero-order valence-corrected chi connectivity index (χ0v) is 42.7. The molecule has 2 aliphatic heterocycles. The van der Waals surface area contributed by atoms with Crippen molar-refractivity contribution in [2.24, 2.45) is 10.2 Å². The fourth-order valence-corrected chi connectivity index (χ4v) is 8.94. The molecule has 0 unspecified atom stereocenters. The molecule has 0 bridgehead atoms. The lowest BCUT2D eigenvalue weighted by molar-refractivity contribution is -0.128. The smallest absolute Gasteiger partial charge is 0.404 e. The van der Waals surface area contributed by atoms with Crippen molar-refractivity contribution in [2.75, 3.05) is 25.2 Å². The molecule has 4 N–H and O–H groups in total. The number of unbranched alkanes of at least 4 members (excludes halogenated alkanes) is 1. The predicted molar refractivity (Wildman–Crippen MR) is 276 cm³/mol. The van der Waals surface area contributed by atoms with Gasteiger partial charge in [-0.2, -0.15) is 0 Å². The highest BCUT2D eigenvalue weighted by atomic mass is 31.2. The summed E-state index contributed by atoms with van der Waals surface area (Å²) in [6.45, 7) is 10.6. The van der Waals surface area contributed by atoms with Gasteiger partial charge in [0.1, 0.15) is 17.3 Å². The Morgan fingerprint density at radius 1 is 0.822 bits per heavy atom. The Kier molecular flexibility index (Phi) is 16.6. The number of nitrogens with one attached hydrogen (secondary N) is 2. The molecular weight excluding hydrogens is 952 g/mol. The topological polar surface area (TPSA) is 236 Å². The predicted octanol–water partition coefficient (Wildman–Crippen LogP) is 7.22. The summed E-state index contributed by atoms with van der Waals surface area (Å²) in [7, 11) is -3.02. The number of aromatic nitrogens is 6. The molecule has 8 rings (SSSR count). The Morgan fingerprint density at radius 2 is 1.55 bits per heavy atom. The molecule has 0 atom stereocenters. The SMILES string of the molecule is COCCC(C)(C)OCC(C)(C)NC(=O)CCC(=O)N1Cc2ccccc2-c2c(nnn2CCCCn2cc(CCC3=NN=C(c4ccccc4)NN3Cc3ccc(OP(=O)(O)O)cc3)nn2)-c2ccccc21. The zero-order chi connectivity index (χ0) is 51.6. The van der Waals surface area contributed by atoms with Crippen LogP contribution in [0.15, 0.2) is 120 Å². The van der Waals surface area contributed by atoms with Crippen LogP contribution < -0.4 is 20.2 Å². The van der Waals surface area contributed by atoms with Gasteiger partial charge in [-0.25, -0.2) is 9.25 Å². The summed E-state index contributed by atoms with van der Waals surface area (Å²) in [4.78, 5) is 47.6. The molecule has 6 aromatic rings.